The average molecular weight is 418 g/mol. The van der Waals surface area contributed by atoms with E-state index in [1.807, 2.05) is 30.3 Å². The summed E-state index contributed by atoms with van der Waals surface area (Å²) in [6.07, 6.45) is 0.141. The second kappa shape index (κ2) is 6.84. The van der Waals surface area contributed by atoms with Gasteiger partial charge >= 0.3 is 0 Å². The van der Waals surface area contributed by atoms with E-state index < -0.39 is 11.8 Å². The van der Waals surface area contributed by atoms with Gasteiger partial charge in [-0.05, 0) is 34.8 Å². The lowest BCUT2D eigenvalue weighted by atomic mass is 9.78. The van der Waals surface area contributed by atoms with Crippen molar-refractivity contribution in [2.75, 3.05) is 19.8 Å². The summed E-state index contributed by atoms with van der Waals surface area (Å²) in [4.78, 5) is 0. The lowest BCUT2D eigenvalue weighted by molar-refractivity contribution is 0.150. The van der Waals surface area contributed by atoms with Crippen molar-refractivity contribution in [1.82, 2.24) is 0 Å². The highest BCUT2D eigenvalue weighted by atomic mass is 19.3. The van der Waals surface area contributed by atoms with E-state index >= 15 is 0 Å². The fraction of sp³-hybridized carbons (Fsp3) is 0.231. The van der Waals surface area contributed by atoms with Crippen LogP contribution in [0.25, 0.3) is 5.57 Å². The van der Waals surface area contributed by atoms with Crippen LogP contribution in [0.4, 0.5) is 8.78 Å². The fourth-order valence-electron chi connectivity index (χ4n) is 5.01. The summed E-state index contributed by atoms with van der Waals surface area (Å²) in [5.74, 6) is 2.20. The number of halogens is 2. The molecule has 6 rings (SSSR count). The van der Waals surface area contributed by atoms with Crippen molar-refractivity contribution in [3.63, 3.8) is 0 Å². The van der Waals surface area contributed by atoms with Crippen LogP contribution in [0.3, 0.4) is 0 Å². The van der Waals surface area contributed by atoms with Gasteiger partial charge in [-0.1, -0.05) is 54.6 Å². The number of ether oxygens (including phenoxy) is 3. The molecule has 2 heterocycles. The van der Waals surface area contributed by atoms with Crippen molar-refractivity contribution in [2.45, 2.75) is 18.3 Å². The Morgan fingerprint density at radius 3 is 2.39 bits per heavy atom. The molecule has 0 N–H and O–H groups in total. The second-order valence-corrected chi connectivity index (χ2v) is 8.14. The normalized spacial score (nSPS) is 20.4. The summed E-state index contributed by atoms with van der Waals surface area (Å²) in [6, 6.07) is 18.9. The van der Waals surface area contributed by atoms with Gasteiger partial charge in [0.1, 0.15) is 25.6 Å². The molecule has 2 aliphatic heterocycles. The van der Waals surface area contributed by atoms with Crippen LogP contribution in [-0.4, -0.2) is 19.8 Å². The second-order valence-electron chi connectivity index (χ2n) is 8.14. The molecule has 5 heteroatoms. The van der Waals surface area contributed by atoms with Gasteiger partial charge in [-0.25, -0.2) is 8.78 Å². The SMILES string of the molecule is FC(F)c1ccccc1CC1=CC2(COc3cc4c(cc32)OCCO4)c2ccccc21. The third-order valence-electron chi connectivity index (χ3n) is 6.43. The van der Waals surface area contributed by atoms with Crippen LogP contribution in [0.15, 0.2) is 66.7 Å². The predicted molar refractivity (Wildman–Crippen MR) is 113 cm³/mol. The standard InChI is InChI=1S/C26H20F2O3/c27-25(28)19-7-2-1-5-16(19)11-17-14-26(20-8-4-3-6-18(17)20)15-31-22-13-24-23(12-21(22)26)29-9-10-30-24/h1-8,12-14,25H,9-11,15H2. The molecule has 0 aromatic heterocycles. The first-order chi connectivity index (χ1) is 15.2. The van der Waals surface area contributed by atoms with Gasteiger partial charge in [0.2, 0.25) is 0 Å². The first kappa shape index (κ1) is 18.4. The van der Waals surface area contributed by atoms with Gasteiger partial charge in [-0.15, -0.1) is 0 Å². The van der Waals surface area contributed by atoms with Crippen LogP contribution in [0.5, 0.6) is 17.2 Å². The number of hydrogen-bond acceptors (Lipinski definition) is 3. The average Bonchev–Trinajstić information content (AvgIpc) is 3.31. The van der Waals surface area contributed by atoms with Crippen LogP contribution in [0.1, 0.15) is 34.2 Å². The highest BCUT2D eigenvalue weighted by Gasteiger charge is 2.46. The van der Waals surface area contributed by atoms with E-state index in [1.165, 1.54) is 6.07 Å². The summed E-state index contributed by atoms with van der Waals surface area (Å²) in [6.45, 7) is 1.50. The van der Waals surface area contributed by atoms with Crippen molar-refractivity contribution in [3.05, 3.63) is 94.6 Å². The minimum atomic E-state index is -2.50. The third-order valence-corrected chi connectivity index (χ3v) is 6.43. The number of rotatable bonds is 3. The molecule has 0 saturated heterocycles. The van der Waals surface area contributed by atoms with Crippen LogP contribution < -0.4 is 14.2 Å². The lowest BCUT2D eigenvalue weighted by Crippen LogP contribution is -2.25. The Kier molecular flexibility index (Phi) is 4.07. The summed E-state index contributed by atoms with van der Waals surface area (Å²) in [7, 11) is 0. The van der Waals surface area contributed by atoms with Gasteiger partial charge in [-0.3, -0.25) is 0 Å². The molecule has 1 spiro atoms. The van der Waals surface area contributed by atoms with Gasteiger partial charge in [0, 0.05) is 17.2 Å². The number of allylic oxidation sites excluding steroid dienone is 1. The fourth-order valence-corrected chi connectivity index (χ4v) is 5.01. The molecule has 156 valence electrons. The van der Waals surface area contributed by atoms with Crippen molar-refractivity contribution in [3.8, 4) is 17.2 Å². The first-order valence-corrected chi connectivity index (χ1v) is 10.4. The maximum absolute atomic E-state index is 13.6. The number of fused-ring (bicyclic) bond motifs is 5. The highest BCUT2D eigenvalue weighted by Crippen LogP contribution is 2.54. The molecule has 3 nitrogen and oxygen atoms in total. The summed E-state index contributed by atoms with van der Waals surface area (Å²) in [5.41, 5.74) is 4.56. The first-order valence-electron chi connectivity index (χ1n) is 10.4. The largest absolute Gasteiger partial charge is 0.491 e. The molecule has 0 fully saturated rings. The summed E-state index contributed by atoms with van der Waals surface area (Å²) < 4.78 is 44.8. The monoisotopic (exact) mass is 418 g/mol. The Bertz CT molecular complexity index is 1220. The van der Waals surface area contributed by atoms with Crippen LogP contribution >= 0.6 is 0 Å². The highest BCUT2D eigenvalue weighted by molar-refractivity contribution is 5.82. The molecule has 0 bridgehead atoms. The third kappa shape index (κ3) is 2.76. The van der Waals surface area contributed by atoms with Crippen molar-refractivity contribution >= 4 is 5.57 Å². The molecule has 0 saturated carbocycles. The Morgan fingerprint density at radius 2 is 1.55 bits per heavy atom. The number of alkyl halides is 2. The van der Waals surface area contributed by atoms with Crippen molar-refractivity contribution in [1.29, 1.82) is 0 Å². The van der Waals surface area contributed by atoms with E-state index in [2.05, 4.69) is 18.2 Å². The molecule has 31 heavy (non-hydrogen) atoms. The van der Waals surface area contributed by atoms with Gasteiger partial charge in [0.05, 0.1) is 5.41 Å². The van der Waals surface area contributed by atoms with E-state index in [9.17, 15) is 8.78 Å². The topological polar surface area (TPSA) is 27.7 Å². The van der Waals surface area contributed by atoms with E-state index in [-0.39, 0.29) is 5.56 Å². The quantitative estimate of drug-likeness (QED) is 0.545. The predicted octanol–water partition coefficient (Wildman–Crippen LogP) is 5.71. The van der Waals surface area contributed by atoms with Gasteiger partial charge in [0.15, 0.2) is 11.5 Å². The summed E-state index contributed by atoms with van der Waals surface area (Å²) in [5, 5.41) is 0. The summed E-state index contributed by atoms with van der Waals surface area (Å²) >= 11 is 0. The Balaban J connectivity index is 1.49. The van der Waals surface area contributed by atoms with Crippen molar-refractivity contribution < 1.29 is 23.0 Å². The lowest BCUT2D eigenvalue weighted by Gasteiger charge is -2.24. The van der Waals surface area contributed by atoms with Gasteiger partial charge in [-0.2, -0.15) is 0 Å². The maximum atomic E-state index is 13.6. The zero-order chi connectivity index (χ0) is 21.0. The van der Waals surface area contributed by atoms with E-state index in [0.717, 1.165) is 33.8 Å². The smallest absolute Gasteiger partial charge is 0.264 e. The zero-order valence-electron chi connectivity index (χ0n) is 16.7. The van der Waals surface area contributed by atoms with E-state index in [0.29, 0.717) is 37.6 Å². The molecule has 0 radical (unpaired) electrons. The van der Waals surface area contributed by atoms with Gasteiger partial charge in [0.25, 0.3) is 6.43 Å². The zero-order valence-corrected chi connectivity index (χ0v) is 16.7. The van der Waals surface area contributed by atoms with Crippen molar-refractivity contribution in [2.24, 2.45) is 0 Å². The molecule has 3 aromatic rings. The molecule has 3 aromatic carbocycles. The number of benzene rings is 3. The number of hydrogen-bond donors (Lipinski definition) is 0. The molecule has 3 aliphatic rings. The minimum absolute atomic E-state index is 0.0875. The Hall–Kier alpha value is -3.34. The minimum Gasteiger partial charge on any atom is -0.491 e. The van der Waals surface area contributed by atoms with Crippen LogP contribution in [0, 0.1) is 0 Å². The Morgan fingerprint density at radius 1 is 0.806 bits per heavy atom. The van der Waals surface area contributed by atoms with Crippen LogP contribution in [-0.2, 0) is 11.8 Å². The molecular weight excluding hydrogens is 398 g/mol. The van der Waals surface area contributed by atoms with E-state index in [4.69, 9.17) is 14.2 Å². The maximum Gasteiger partial charge on any atom is 0.264 e. The van der Waals surface area contributed by atoms with E-state index in [1.54, 1.807) is 12.1 Å². The molecular formula is C26H20F2O3. The molecule has 0 amide bonds. The Labute approximate surface area is 178 Å². The molecule has 1 atom stereocenters. The molecule has 1 aliphatic carbocycles. The molecule has 1 unspecified atom stereocenters. The van der Waals surface area contributed by atoms with Crippen LogP contribution in [0.2, 0.25) is 0 Å². The van der Waals surface area contributed by atoms with Gasteiger partial charge < -0.3 is 14.2 Å².